The van der Waals surface area contributed by atoms with Crippen molar-refractivity contribution in [2.24, 2.45) is 0 Å². The van der Waals surface area contributed by atoms with Gasteiger partial charge < -0.3 is 14.8 Å². The van der Waals surface area contributed by atoms with Gasteiger partial charge in [0.15, 0.2) is 0 Å². The molecule has 0 unspecified atom stereocenters. The summed E-state index contributed by atoms with van der Waals surface area (Å²) in [4.78, 5) is 0. The van der Waals surface area contributed by atoms with E-state index in [9.17, 15) is 13.2 Å². The molecule has 0 saturated heterocycles. The summed E-state index contributed by atoms with van der Waals surface area (Å²) < 4.78 is 47.0. The van der Waals surface area contributed by atoms with E-state index in [0.29, 0.717) is 26.1 Å². The fraction of sp³-hybridized carbons (Fsp3) is 0.769. The molecular weight excluding hydrogens is 287 g/mol. The zero-order valence-corrected chi connectivity index (χ0v) is 12.4. The molecule has 0 aliphatic heterocycles. The minimum atomic E-state index is -4.26. The molecule has 0 spiro atoms. The first-order valence-corrected chi connectivity index (χ1v) is 6.79. The quantitative estimate of drug-likeness (QED) is 0.671. The Hall–Kier alpha value is -1.12. The number of methoxy groups -OCH3 is 1. The van der Waals surface area contributed by atoms with Crippen molar-refractivity contribution in [3.8, 4) is 0 Å². The van der Waals surface area contributed by atoms with E-state index in [0.717, 1.165) is 17.8 Å². The molecule has 0 aliphatic rings. The van der Waals surface area contributed by atoms with Crippen LogP contribution in [0.3, 0.4) is 0 Å². The van der Waals surface area contributed by atoms with Crippen molar-refractivity contribution in [2.75, 3.05) is 33.5 Å². The van der Waals surface area contributed by atoms with Gasteiger partial charge in [-0.2, -0.15) is 18.3 Å². The zero-order valence-electron chi connectivity index (χ0n) is 12.4. The second-order valence-electron chi connectivity index (χ2n) is 4.67. The molecule has 0 aromatic carbocycles. The van der Waals surface area contributed by atoms with Gasteiger partial charge in [-0.3, -0.25) is 4.68 Å². The van der Waals surface area contributed by atoms with Gasteiger partial charge in [-0.1, -0.05) is 0 Å². The topological polar surface area (TPSA) is 48.3 Å². The summed E-state index contributed by atoms with van der Waals surface area (Å²) >= 11 is 0. The van der Waals surface area contributed by atoms with Gasteiger partial charge in [-0.05, 0) is 13.3 Å². The van der Waals surface area contributed by atoms with Crippen LogP contribution < -0.4 is 5.32 Å². The first kappa shape index (κ1) is 17.9. The molecule has 0 saturated carbocycles. The first-order valence-electron chi connectivity index (χ1n) is 6.79. The molecule has 1 aromatic heterocycles. The third kappa shape index (κ3) is 7.45. The number of nitrogens with zero attached hydrogens (tertiary/aromatic N) is 2. The van der Waals surface area contributed by atoms with Crippen LogP contribution in [0.1, 0.15) is 17.7 Å². The van der Waals surface area contributed by atoms with E-state index in [1.807, 2.05) is 6.92 Å². The standard InChI is InChI=1S/C13H22F3N3O2/c1-11-12(8-17-4-7-20-2)9-18-19(11)5-3-6-21-10-13(14,15)16/h9,17H,3-8,10H2,1-2H3. The Labute approximate surface area is 122 Å². The highest BCUT2D eigenvalue weighted by molar-refractivity contribution is 5.15. The van der Waals surface area contributed by atoms with Crippen LogP contribution in [0.5, 0.6) is 0 Å². The minimum absolute atomic E-state index is 0.0697. The number of alkyl halides is 3. The van der Waals surface area contributed by atoms with Crippen LogP contribution in [0.25, 0.3) is 0 Å². The number of nitrogens with one attached hydrogen (secondary N) is 1. The lowest BCUT2D eigenvalue weighted by Crippen LogP contribution is -2.19. The molecule has 0 amide bonds. The fourth-order valence-electron chi connectivity index (χ4n) is 1.79. The van der Waals surface area contributed by atoms with Crippen LogP contribution in [0.15, 0.2) is 6.20 Å². The Bertz CT molecular complexity index is 408. The Morgan fingerprint density at radius 2 is 2.10 bits per heavy atom. The van der Waals surface area contributed by atoms with Crippen molar-refractivity contribution in [1.29, 1.82) is 0 Å². The predicted octanol–water partition coefficient (Wildman–Crippen LogP) is 1.90. The van der Waals surface area contributed by atoms with Crippen LogP contribution in [0.4, 0.5) is 13.2 Å². The molecule has 21 heavy (non-hydrogen) atoms. The first-order chi connectivity index (χ1) is 9.94. The smallest absolute Gasteiger partial charge is 0.383 e. The average molecular weight is 309 g/mol. The van der Waals surface area contributed by atoms with Gasteiger partial charge in [-0.15, -0.1) is 0 Å². The third-order valence-corrected chi connectivity index (χ3v) is 2.93. The Balaban J connectivity index is 2.25. The van der Waals surface area contributed by atoms with E-state index >= 15 is 0 Å². The maximum atomic E-state index is 11.9. The summed E-state index contributed by atoms with van der Waals surface area (Å²) in [5.74, 6) is 0. The largest absolute Gasteiger partial charge is 0.411 e. The van der Waals surface area contributed by atoms with E-state index in [-0.39, 0.29) is 6.61 Å². The van der Waals surface area contributed by atoms with Crippen LogP contribution in [0.2, 0.25) is 0 Å². The summed E-state index contributed by atoms with van der Waals surface area (Å²) in [6.07, 6.45) is -2.00. The molecule has 5 nitrogen and oxygen atoms in total. The van der Waals surface area contributed by atoms with Crippen molar-refractivity contribution >= 4 is 0 Å². The van der Waals surface area contributed by atoms with Gasteiger partial charge in [-0.25, -0.2) is 0 Å². The number of halogens is 3. The van der Waals surface area contributed by atoms with Gasteiger partial charge in [0.05, 0.1) is 12.8 Å². The van der Waals surface area contributed by atoms with Gasteiger partial charge in [0, 0.05) is 44.6 Å². The van der Waals surface area contributed by atoms with Gasteiger partial charge in [0.1, 0.15) is 6.61 Å². The third-order valence-electron chi connectivity index (χ3n) is 2.93. The molecule has 1 N–H and O–H groups in total. The van der Waals surface area contributed by atoms with E-state index < -0.39 is 12.8 Å². The van der Waals surface area contributed by atoms with E-state index in [4.69, 9.17) is 4.74 Å². The molecule has 122 valence electrons. The lowest BCUT2D eigenvalue weighted by molar-refractivity contribution is -0.174. The maximum absolute atomic E-state index is 11.9. The highest BCUT2D eigenvalue weighted by atomic mass is 19.4. The fourth-order valence-corrected chi connectivity index (χ4v) is 1.79. The molecular formula is C13H22F3N3O2. The van der Waals surface area contributed by atoms with Crippen LogP contribution in [-0.4, -0.2) is 49.4 Å². The second-order valence-corrected chi connectivity index (χ2v) is 4.67. The summed E-state index contributed by atoms with van der Waals surface area (Å²) in [5.41, 5.74) is 2.08. The maximum Gasteiger partial charge on any atom is 0.411 e. The zero-order chi connectivity index (χ0) is 15.7. The predicted molar refractivity (Wildman–Crippen MR) is 72.0 cm³/mol. The lowest BCUT2D eigenvalue weighted by Gasteiger charge is -2.09. The summed E-state index contributed by atoms with van der Waals surface area (Å²) in [6, 6.07) is 0. The van der Waals surface area contributed by atoms with Gasteiger partial charge in [0.2, 0.25) is 0 Å². The number of hydrogen-bond acceptors (Lipinski definition) is 4. The number of aromatic nitrogens is 2. The molecule has 1 heterocycles. The number of rotatable bonds is 10. The Morgan fingerprint density at radius 3 is 2.76 bits per heavy atom. The summed E-state index contributed by atoms with van der Waals surface area (Å²) in [6.45, 7) is 3.45. The monoisotopic (exact) mass is 309 g/mol. The van der Waals surface area contributed by atoms with Crippen molar-refractivity contribution in [3.05, 3.63) is 17.5 Å². The number of hydrogen-bond donors (Lipinski definition) is 1. The summed E-state index contributed by atoms with van der Waals surface area (Å²) in [7, 11) is 1.64. The summed E-state index contributed by atoms with van der Waals surface area (Å²) in [5, 5.41) is 7.45. The van der Waals surface area contributed by atoms with E-state index in [1.54, 1.807) is 18.0 Å². The van der Waals surface area contributed by atoms with Crippen LogP contribution in [0, 0.1) is 6.92 Å². The van der Waals surface area contributed by atoms with Crippen molar-refractivity contribution in [2.45, 2.75) is 32.6 Å². The average Bonchev–Trinajstić information content (AvgIpc) is 2.75. The normalized spacial score (nSPS) is 12.0. The van der Waals surface area contributed by atoms with Crippen LogP contribution >= 0.6 is 0 Å². The Kier molecular flexibility index (Phi) is 7.69. The van der Waals surface area contributed by atoms with Crippen molar-refractivity contribution < 1.29 is 22.6 Å². The molecule has 0 radical (unpaired) electrons. The molecule has 0 aliphatic carbocycles. The van der Waals surface area contributed by atoms with E-state index in [1.165, 1.54) is 0 Å². The van der Waals surface area contributed by atoms with E-state index in [2.05, 4.69) is 15.2 Å². The molecule has 1 rings (SSSR count). The molecule has 8 heteroatoms. The molecule has 0 fully saturated rings. The Morgan fingerprint density at radius 1 is 1.33 bits per heavy atom. The highest BCUT2D eigenvalue weighted by Gasteiger charge is 2.27. The molecule has 0 atom stereocenters. The highest BCUT2D eigenvalue weighted by Crippen LogP contribution is 2.14. The number of aryl methyl sites for hydroxylation is 1. The molecule has 1 aromatic rings. The minimum Gasteiger partial charge on any atom is -0.383 e. The SMILES string of the molecule is COCCNCc1cnn(CCCOCC(F)(F)F)c1C. The van der Waals surface area contributed by atoms with Gasteiger partial charge in [0.25, 0.3) is 0 Å². The van der Waals surface area contributed by atoms with Crippen molar-refractivity contribution in [1.82, 2.24) is 15.1 Å². The second kappa shape index (κ2) is 9.01. The number of ether oxygens (including phenoxy) is 2. The van der Waals surface area contributed by atoms with Crippen molar-refractivity contribution in [3.63, 3.8) is 0 Å². The lowest BCUT2D eigenvalue weighted by atomic mass is 10.2. The van der Waals surface area contributed by atoms with Gasteiger partial charge >= 0.3 is 6.18 Å². The van der Waals surface area contributed by atoms with Crippen LogP contribution in [-0.2, 0) is 22.6 Å². The molecule has 0 bridgehead atoms.